The van der Waals surface area contributed by atoms with Gasteiger partial charge in [-0.15, -0.1) is 0 Å². The Morgan fingerprint density at radius 3 is 2.46 bits per heavy atom. The van der Waals surface area contributed by atoms with E-state index in [-0.39, 0.29) is 24.4 Å². The van der Waals surface area contributed by atoms with Gasteiger partial charge in [0.1, 0.15) is 5.82 Å². The molecule has 28 heavy (non-hydrogen) atoms. The lowest BCUT2D eigenvalue weighted by Gasteiger charge is -2.23. The topological polar surface area (TPSA) is 44.1 Å². The summed E-state index contributed by atoms with van der Waals surface area (Å²) < 4.78 is 13.9. The predicted molar refractivity (Wildman–Crippen MR) is 109 cm³/mol. The molecule has 0 N–H and O–H groups in total. The van der Waals surface area contributed by atoms with Crippen LogP contribution in [-0.2, 0) is 11.3 Å². The zero-order valence-corrected chi connectivity index (χ0v) is 16.1. The summed E-state index contributed by atoms with van der Waals surface area (Å²) in [5, 5.41) is 9.75. The molecule has 5 heteroatoms. The van der Waals surface area contributed by atoms with E-state index in [1.807, 2.05) is 54.6 Å². The second kappa shape index (κ2) is 8.69. The lowest BCUT2D eigenvalue weighted by Crippen LogP contribution is -2.29. The van der Waals surface area contributed by atoms with E-state index in [9.17, 15) is 9.18 Å². The molecule has 0 aliphatic rings. The van der Waals surface area contributed by atoms with E-state index in [4.69, 9.17) is 16.9 Å². The Hall–Kier alpha value is -3.16. The standard InChI is InChI=1S/C23H18ClFN2O/c1-2-23(28)27(20-12-17(14-26)11-19(25)13-20)15-16-7-9-18(10-8-16)21-5-3-4-6-22(21)24/h3-13H,2,15H2,1H3. The van der Waals surface area contributed by atoms with Gasteiger partial charge in [-0.1, -0.05) is 61.0 Å². The van der Waals surface area contributed by atoms with Gasteiger partial charge in [-0.2, -0.15) is 5.26 Å². The van der Waals surface area contributed by atoms with E-state index < -0.39 is 5.82 Å². The number of nitriles is 1. The number of nitrogens with zero attached hydrogens (tertiary/aromatic N) is 2. The van der Waals surface area contributed by atoms with Gasteiger partial charge in [-0.25, -0.2) is 4.39 Å². The van der Waals surface area contributed by atoms with Crippen LogP contribution >= 0.6 is 11.6 Å². The minimum absolute atomic E-state index is 0.148. The van der Waals surface area contributed by atoms with Crippen molar-refractivity contribution in [3.63, 3.8) is 0 Å². The molecule has 0 unspecified atom stereocenters. The number of anilines is 1. The van der Waals surface area contributed by atoms with Crippen LogP contribution in [0, 0.1) is 17.1 Å². The second-order valence-electron chi connectivity index (χ2n) is 6.32. The minimum Gasteiger partial charge on any atom is -0.308 e. The first kappa shape index (κ1) is 19.6. The molecule has 3 aromatic carbocycles. The summed E-state index contributed by atoms with van der Waals surface area (Å²) in [5.41, 5.74) is 3.35. The van der Waals surface area contributed by atoms with Crippen LogP contribution in [0.2, 0.25) is 5.02 Å². The molecule has 140 valence electrons. The number of carbonyl (C=O) groups excluding carboxylic acids is 1. The van der Waals surface area contributed by atoms with Gasteiger partial charge in [0, 0.05) is 22.7 Å². The fourth-order valence-electron chi connectivity index (χ4n) is 2.98. The quantitative estimate of drug-likeness (QED) is 0.537. The molecule has 0 atom stereocenters. The number of benzene rings is 3. The van der Waals surface area contributed by atoms with E-state index in [1.54, 1.807) is 6.92 Å². The van der Waals surface area contributed by atoms with Crippen molar-refractivity contribution in [1.29, 1.82) is 5.26 Å². The van der Waals surface area contributed by atoms with Crippen molar-refractivity contribution in [2.24, 2.45) is 0 Å². The van der Waals surface area contributed by atoms with Crippen LogP contribution in [0.4, 0.5) is 10.1 Å². The van der Waals surface area contributed by atoms with E-state index in [1.165, 1.54) is 17.0 Å². The van der Waals surface area contributed by atoms with Gasteiger partial charge in [0.05, 0.1) is 18.2 Å². The summed E-state index contributed by atoms with van der Waals surface area (Å²) in [6, 6.07) is 21.2. The Labute approximate surface area is 168 Å². The van der Waals surface area contributed by atoms with Crippen molar-refractivity contribution in [1.82, 2.24) is 0 Å². The fraction of sp³-hybridized carbons (Fsp3) is 0.130. The first-order valence-electron chi connectivity index (χ1n) is 8.86. The molecule has 3 rings (SSSR count). The van der Waals surface area contributed by atoms with Crippen molar-refractivity contribution in [2.75, 3.05) is 4.90 Å². The Morgan fingerprint density at radius 2 is 1.82 bits per heavy atom. The number of hydrogen-bond donors (Lipinski definition) is 0. The molecule has 0 radical (unpaired) electrons. The monoisotopic (exact) mass is 392 g/mol. The third-order valence-electron chi connectivity index (χ3n) is 4.41. The molecule has 0 aliphatic carbocycles. The summed E-state index contributed by atoms with van der Waals surface area (Å²) in [6.45, 7) is 2.03. The number of amides is 1. The molecule has 3 nitrogen and oxygen atoms in total. The maximum Gasteiger partial charge on any atom is 0.227 e. The zero-order valence-electron chi connectivity index (χ0n) is 15.3. The van der Waals surface area contributed by atoms with Crippen molar-refractivity contribution in [2.45, 2.75) is 19.9 Å². The molecule has 0 aliphatic heterocycles. The van der Waals surface area contributed by atoms with Crippen LogP contribution in [0.1, 0.15) is 24.5 Å². The smallest absolute Gasteiger partial charge is 0.227 e. The predicted octanol–water partition coefficient (Wildman–Crippen LogP) is 5.96. The average Bonchev–Trinajstić information content (AvgIpc) is 2.72. The van der Waals surface area contributed by atoms with Gasteiger partial charge in [0.25, 0.3) is 0 Å². The van der Waals surface area contributed by atoms with Crippen LogP contribution in [0.25, 0.3) is 11.1 Å². The highest BCUT2D eigenvalue weighted by Gasteiger charge is 2.16. The average molecular weight is 393 g/mol. The fourth-order valence-corrected chi connectivity index (χ4v) is 3.22. The number of carbonyl (C=O) groups is 1. The first-order valence-corrected chi connectivity index (χ1v) is 9.24. The highest BCUT2D eigenvalue weighted by molar-refractivity contribution is 6.33. The Kier molecular flexibility index (Phi) is 6.08. The molecule has 0 bridgehead atoms. The SMILES string of the molecule is CCC(=O)N(Cc1ccc(-c2ccccc2Cl)cc1)c1cc(F)cc(C#N)c1. The van der Waals surface area contributed by atoms with Crippen molar-refractivity contribution >= 4 is 23.2 Å². The number of rotatable bonds is 5. The largest absolute Gasteiger partial charge is 0.308 e. The third-order valence-corrected chi connectivity index (χ3v) is 4.74. The highest BCUT2D eigenvalue weighted by Crippen LogP contribution is 2.28. The van der Waals surface area contributed by atoms with Crippen molar-refractivity contribution in [3.8, 4) is 17.2 Å². The highest BCUT2D eigenvalue weighted by atomic mass is 35.5. The molecule has 0 saturated carbocycles. The van der Waals surface area contributed by atoms with Crippen LogP contribution in [0.15, 0.2) is 66.7 Å². The molecule has 0 fully saturated rings. The van der Waals surface area contributed by atoms with E-state index in [0.29, 0.717) is 10.7 Å². The molecule has 0 spiro atoms. The Balaban J connectivity index is 1.90. The maximum atomic E-state index is 13.9. The van der Waals surface area contributed by atoms with Gasteiger partial charge in [0.2, 0.25) is 5.91 Å². The molecule has 1 amide bonds. The van der Waals surface area contributed by atoms with Crippen LogP contribution in [-0.4, -0.2) is 5.91 Å². The molecule has 0 heterocycles. The summed E-state index contributed by atoms with van der Waals surface area (Å²) in [4.78, 5) is 14.0. The van der Waals surface area contributed by atoms with Crippen molar-refractivity contribution < 1.29 is 9.18 Å². The van der Waals surface area contributed by atoms with Gasteiger partial charge >= 0.3 is 0 Å². The second-order valence-corrected chi connectivity index (χ2v) is 6.73. The normalized spacial score (nSPS) is 10.4. The van der Waals surface area contributed by atoms with Crippen LogP contribution < -0.4 is 4.90 Å². The molecule has 0 saturated heterocycles. The Morgan fingerprint density at radius 1 is 1.11 bits per heavy atom. The molecule has 0 aromatic heterocycles. The van der Waals surface area contributed by atoms with E-state index in [2.05, 4.69) is 0 Å². The Bertz CT molecular complexity index is 1040. The van der Waals surface area contributed by atoms with Gasteiger partial charge in [-0.3, -0.25) is 4.79 Å². The van der Waals surface area contributed by atoms with Gasteiger partial charge in [0.15, 0.2) is 0 Å². The minimum atomic E-state index is -0.544. The summed E-state index contributed by atoms with van der Waals surface area (Å²) in [6.07, 6.45) is 0.274. The van der Waals surface area contributed by atoms with Crippen molar-refractivity contribution in [3.05, 3.63) is 88.7 Å². The van der Waals surface area contributed by atoms with Gasteiger partial charge in [-0.05, 0) is 35.4 Å². The molecule has 3 aromatic rings. The summed E-state index contributed by atoms with van der Waals surface area (Å²) in [5.74, 6) is -0.693. The lowest BCUT2D eigenvalue weighted by atomic mass is 10.0. The molecular formula is C23H18ClFN2O. The number of hydrogen-bond acceptors (Lipinski definition) is 2. The summed E-state index contributed by atoms with van der Waals surface area (Å²) >= 11 is 6.25. The van der Waals surface area contributed by atoms with Crippen LogP contribution in [0.3, 0.4) is 0 Å². The summed E-state index contributed by atoms with van der Waals surface area (Å²) in [7, 11) is 0. The first-order chi connectivity index (χ1) is 13.5. The van der Waals surface area contributed by atoms with Crippen LogP contribution in [0.5, 0.6) is 0 Å². The van der Waals surface area contributed by atoms with E-state index in [0.717, 1.165) is 22.8 Å². The van der Waals surface area contributed by atoms with Gasteiger partial charge < -0.3 is 4.90 Å². The zero-order chi connectivity index (χ0) is 20.1. The van der Waals surface area contributed by atoms with E-state index >= 15 is 0 Å². The number of halogens is 2. The lowest BCUT2D eigenvalue weighted by molar-refractivity contribution is -0.118. The third kappa shape index (κ3) is 4.39. The maximum absolute atomic E-state index is 13.9. The molecular weight excluding hydrogens is 375 g/mol.